The largest absolute Gasteiger partial charge is 0.335 e. The lowest BCUT2D eigenvalue weighted by Crippen LogP contribution is -2.50. The Hall–Kier alpha value is -4.19. The molecule has 1 aliphatic rings. The minimum absolute atomic E-state index is 0.0835. The van der Waals surface area contributed by atoms with Crippen LogP contribution in [-0.2, 0) is 4.79 Å². The fourth-order valence-corrected chi connectivity index (χ4v) is 3.71. The van der Waals surface area contributed by atoms with E-state index >= 15 is 0 Å². The first kappa shape index (κ1) is 23.0. The Morgan fingerprint density at radius 3 is 2.50 bits per heavy atom. The molecule has 1 aliphatic heterocycles. The van der Waals surface area contributed by atoms with Crippen molar-refractivity contribution in [1.82, 2.24) is 24.8 Å². The minimum Gasteiger partial charge on any atom is -0.335 e. The van der Waals surface area contributed by atoms with Crippen molar-refractivity contribution in [3.05, 3.63) is 75.9 Å². The molecule has 2 amide bonds. The number of hydrogen-bond acceptors (Lipinski definition) is 7. The fourth-order valence-electron chi connectivity index (χ4n) is 3.71. The smallest absolute Gasteiger partial charge is 0.276 e. The maximum Gasteiger partial charge on any atom is 0.276 e. The molecule has 1 aromatic heterocycles. The molecule has 1 fully saturated rings. The first-order valence-electron chi connectivity index (χ1n) is 10.6. The number of benzene rings is 2. The van der Waals surface area contributed by atoms with Gasteiger partial charge in [-0.05, 0) is 37.3 Å². The first-order chi connectivity index (χ1) is 16.3. The summed E-state index contributed by atoms with van der Waals surface area (Å²) >= 11 is 0. The molecule has 0 spiro atoms. The number of nitrogens with one attached hydrogen (secondary N) is 1. The van der Waals surface area contributed by atoms with Crippen LogP contribution in [0.5, 0.6) is 0 Å². The fraction of sp³-hybridized carbons (Fsp3) is 0.273. The zero-order valence-electron chi connectivity index (χ0n) is 18.3. The van der Waals surface area contributed by atoms with Crippen LogP contribution in [0.25, 0.3) is 5.69 Å². The van der Waals surface area contributed by atoms with E-state index in [9.17, 15) is 24.1 Å². The molecule has 3 aromatic rings. The van der Waals surface area contributed by atoms with E-state index in [1.807, 2.05) is 4.90 Å². The predicted octanol–water partition coefficient (Wildman–Crippen LogP) is 2.02. The van der Waals surface area contributed by atoms with Crippen LogP contribution in [-0.4, -0.2) is 74.3 Å². The van der Waals surface area contributed by atoms with Crippen LogP contribution < -0.4 is 5.32 Å². The summed E-state index contributed by atoms with van der Waals surface area (Å²) in [7, 11) is 0. The lowest BCUT2D eigenvalue weighted by molar-refractivity contribution is -0.384. The van der Waals surface area contributed by atoms with Crippen LogP contribution >= 0.6 is 0 Å². The molecule has 0 aliphatic carbocycles. The van der Waals surface area contributed by atoms with E-state index in [2.05, 4.69) is 15.6 Å². The van der Waals surface area contributed by atoms with Crippen LogP contribution in [0.2, 0.25) is 0 Å². The highest BCUT2D eigenvalue weighted by molar-refractivity contribution is 5.94. The summed E-state index contributed by atoms with van der Waals surface area (Å²) in [5.74, 6) is -0.883. The molecule has 0 unspecified atom stereocenters. The zero-order valence-corrected chi connectivity index (χ0v) is 18.3. The Kier molecular flexibility index (Phi) is 6.59. The van der Waals surface area contributed by atoms with Crippen LogP contribution in [0.4, 0.5) is 15.8 Å². The lowest BCUT2D eigenvalue weighted by atomic mass is 10.2. The molecule has 0 atom stereocenters. The van der Waals surface area contributed by atoms with Gasteiger partial charge in [-0.25, -0.2) is 9.07 Å². The number of carbonyl (C=O) groups excluding carboxylic acids is 2. The number of hydrogen-bond donors (Lipinski definition) is 1. The van der Waals surface area contributed by atoms with Crippen molar-refractivity contribution in [3.8, 4) is 5.69 Å². The second-order valence-electron chi connectivity index (χ2n) is 7.84. The molecule has 1 N–H and O–H groups in total. The molecule has 4 rings (SSSR count). The van der Waals surface area contributed by atoms with Gasteiger partial charge >= 0.3 is 0 Å². The molecular weight excluding hydrogens is 445 g/mol. The van der Waals surface area contributed by atoms with Gasteiger partial charge in [0.25, 0.3) is 11.6 Å². The summed E-state index contributed by atoms with van der Waals surface area (Å²) in [6.45, 7) is 3.66. The molecule has 0 saturated carbocycles. The Labute approximate surface area is 193 Å². The molecule has 12 heteroatoms. The van der Waals surface area contributed by atoms with Gasteiger partial charge in [-0.15, -0.1) is 5.10 Å². The molecular formula is C22H22FN7O4. The molecule has 1 saturated heterocycles. The molecule has 0 radical (unpaired) electrons. The second-order valence-corrected chi connectivity index (χ2v) is 7.84. The highest BCUT2D eigenvalue weighted by atomic mass is 19.1. The van der Waals surface area contributed by atoms with Crippen molar-refractivity contribution >= 4 is 23.2 Å². The second kappa shape index (κ2) is 9.75. The maximum atomic E-state index is 13.0. The van der Waals surface area contributed by atoms with Crippen molar-refractivity contribution in [2.75, 3.05) is 38.0 Å². The summed E-state index contributed by atoms with van der Waals surface area (Å²) in [6.07, 6.45) is 0. The Morgan fingerprint density at radius 1 is 1.12 bits per heavy atom. The van der Waals surface area contributed by atoms with Crippen molar-refractivity contribution in [1.29, 1.82) is 0 Å². The first-order valence-corrected chi connectivity index (χ1v) is 10.6. The number of amides is 2. The average molecular weight is 467 g/mol. The van der Waals surface area contributed by atoms with Gasteiger partial charge in [0.2, 0.25) is 5.91 Å². The Balaban J connectivity index is 1.35. The van der Waals surface area contributed by atoms with Gasteiger partial charge in [0.1, 0.15) is 5.82 Å². The van der Waals surface area contributed by atoms with Gasteiger partial charge in [-0.2, -0.15) is 0 Å². The van der Waals surface area contributed by atoms with Gasteiger partial charge in [0.15, 0.2) is 5.69 Å². The third-order valence-corrected chi connectivity index (χ3v) is 5.54. The number of piperazine rings is 1. The van der Waals surface area contributed by atoms with Crippen molar-refractivity contribution in [3.63, 3.8) is 0 Å². The molecule has 11 nitrogen and oxygen atoms in total. The van der Waals surface area contributed by atoms with Gasteiger partial charge in [-0.3, -0.25) is 24.6 Å². The number of nitro benzene ring substituents is 1. The quantitative estimate of drug-likeness (QED) is 0.434. The monoisotopic (exact) mass is 467 g/mol. The van der Waals surface area contributed by atoms with E-state index in [1.165, 1.54) is 41.1 Å². The Bertz CT molecular complexity index is 1220. The number of rotatable bonds is 6. The number of aromatic nitrogens is 3. The predicted molar refractivity (Wildman–Crippen MR) is 120 cm³/mol. The van der Waals surface area contributed by atoms with Crippen molar-refractivity contribution < 1.29 is 18.9 Å². The molecule has 0 bridgehead atoms. The number of nitrogens with zero attached hydrogens (tertiary/aromatic N) is 6. The van der Waals surface area contributed by atoms with Crippen LogP contribution in [0.15, 0.2) is 48.5 Å². The van der Waals surface area contributed by atoms with E-state index in [-0.39, 0.29) is 35.6 Å². The van der Waals surface area contributed by atoms with E-state index in [0.29, 0.717) is 43.2 Å². The topological polar surface area (TPSA) is 127 Å². The minimum atomic E-state index is -0.499. The third kappa shape index (κ3) is 5.07. The molecule has 34 heavy (non-hydrogen) atoms. The third-order valence-electron chi connectivity index (χ3n) is 5.54. The normalized spacial score (nSPS) is 14.1. The highest BCUT2D eigenvalue weighted by Crippen LogP contribution is 2.19. The van der Waals surface area contributed by atoms with Gasteiger partial charge in [-0.1, -0.05) is 11.3 Å². The van der Waals surface area contributed by atoms with E-state index in [1.54, 1.807) is 24.0 Å². The average Bonchev–Trinajstić information content (AvgIpc) is 3.22. The summed E-state index contributed by atoms with van der Waals surface area (Å²) in [4.78, 5) is 39.4. The van der Waals surface area contributed by atoms with Crippen molar-refractivity contribution in [2.45, 2.75) is 6.92 Å². The molecule has 2 heterocycles. The van der Waals surface area contributed by atoms with Crippen LogP contribution in [0, 0.1) is 22.9 Å². The summed E-state index contributed by atoms with van der Waals surface area (Å²) < 4.78 is 14.4. The maximum absolute atomic E-state index is 13.0. The van der Waals surface area contributed by atoms with Crippen LogP contribution in [0.3, 0.4) is 0 Å². The van der Waals surface area contributed by atoms with Crippen LogP contribution in [0.1, 0.15) is 16.2 Å². The van der Waals surface area contributed by atoms with Gasteiger partial charge < -0.3 is 10.2 Å². The number of nitro groups is 1. The van der Waals surface area contributed by atoms with E-state index < -0.39 is 4.92 Å². The number of carbonyl (C=O) groups is 2. The van der Waals surface area contributed by atoms with Gasteiger partial charge in [0, 0.05) is 44.0 Å². The lowest BCUT2D eigenvalue weighted by Gasteiger charge is -2.34. The standard InChI is InChI=1S/C22H22FN7O4/c1-15-21(25-26-29(15)18-3-2-4-19(13-18)30(33)34)22(32)28-11-9-27(10-12-28)14-20(31)24-17-7-5-16(23)6-8-17/h2-8,13H,9-12,14H2,1H3,(H,24,31). The SMILES string of the molecule is Cc1c(C(=O)N2CCN(CC(=O)Nc3ccc(F)cc3)CC2)nnn1-c1cccc([N+](=O)[O-])c1. The Morgan fingerprint density at radius 2 is 1.82 bits per heavy atom. The van der Waals surface area contributed by atoms with Gasteiger partial charge in [0.05, 0.1) is 22.8 Å². The van der Waals surface area contributed by atoms with E-state index in [4.69, 9.17) is 0 Å². The summed E-state index contributed by atoms with van der Waals surface area (Å²) in [6, 6.07) is 11.5. The summed E-state index contributed by atoms with van der Waals surface area (Å²) in [5.41, 5.74) is 1.53. The molecule has 176 valence electrons. The van der Waals surface area contributed by atoms with Crippen molar-refractivity contribution in [2.24, 2.45) is 0 Å². The number of non-ortho nitro benzene ring substituents is 1. The highest BCUT2D eigenvalue weighted by Gasteiger charge is 2.27. The summed E-state index contributed by atoms with van der Waals surface area (Å²) in [5, 5.41) is 21.8. The molecule has 2 aromatic carbocycles. The zero-order chi connectivity index (χ0) is 24.2. The number of anilines is 1. The number of halogens is 1. The van der Waals surface area contributed by atoms with E-state index in [0.717, 1.165) is 0 Å².